The van der Waals surface area contributed by atoms with E-state index in [0.29, 0.717) is 35.4 Å². The zero-order valence-electron chi connectivity index (χ0n) is 16.7. The average Bonchev–Trinajstić information content (AvgIpc) is 3.10. The monoisotopic (exact) mass is 417 g/mol. The van der Waals surface area contributed by atoms with Gasteiger partial charge in [-0.15, -0.1) is 0 Å². The van der Waals surface area contributed by atoms with Crippen LogP contribution in [0.15, 0.2) is 62.7 Å². The predicted molar refractivity (Wildman–Crippen MR) is 112 cm³/mol. The SMILES string of the molecule is CCCCc1oc2ccccc2c1S(=O)(=O)c1ccc(OCC(O)CNC)cc1. The smallest absolute Gasteiger partial charge is 0.210 e. The Labute approximate surface area is 171 Å². The highest BCUT2D eigenvalue weighted by molar-refractivity contribution is 7.91. The van der Waals surface area contributed by atoms with Crippen LogP contribution in [0.1, 0.15) is 25.5 Å². The molecule has 0 amide bonds. The van der Waals surface area contributed by atoms with E-state index >= 15 is 0 Å². The van der Waals surface area contributed by atoms with Gasteiger partial charge >= 0.3 is 0 Å². The molecule has 1 unspecified atom stereocenters. The molecular weight excluding hydrogens is 390 g/mol. The van der Waals surface area contributed by atoms with Gasteiger partial charge in [-0.3, -0.25) is 0 Å². The van der Waals surface area contributed by atoms with Crippen LogP contribution in [0.2, 0.25) is 0 Å². The van der Waals surface area contributed by atoms with Crippen molar-refractivity contribution in [3.05, 3.63) is 54.3 Å². The number of hydrogen-bond donors (Lipinski definition) is 2. The van der Waals surface area contributed by atoms with Gasteiger partial charge in [0.2, 0.25) is 9.84 Å². The van der Waals surface area contributed by atoms with Gasteiger partial charge < -0.3 is 19.6 Å². The minimum atomic E-state index is -3.75. The molecule has 0 saturated carbocycles. The van der Waals surface area contributed by atoms with E-state index in [9.17, 15) is 13.5 Å². The normalized spacial score (nSPS) is 12.9. The molecule has 29 heavy (non-hydrogen) atoms. The number of rotatable bonds is 10. The fourth-order valence-electron chi connectivity index (χ4n) is 3.19. The van der Waals surface area contributed by atoms with Crippen molar-refractivity contribution in [2.45, 2.75) is 42.1 Å². The maximum Gasteiger partial charge on any atom is 0.210 e. The number of aliphatic hydroxyl groups is 1. The van der Waals surface area contributed by atoms with Gasteiger partial charge in [0.05, 0.1) is 4.90 Å². The average molecular weight is 418 g/mol. The van der Waals surface area contributed by atoms with Crippen LogP contribution in [0.4, 0.5) is 0 Å². The number of nitrogens with one attached hydrogen (secondary N) is 1. The summed E-state index contributed by atoms with van der Waals surface area (Å²) in [6.07, 6.45) is 1.73. The Morgan fingerprint density at radius 1 is 1.14 bits per heavy atom. The number of hydrogen-bond acceptors (Lipinski definition) is 6. The summed E-state index contributed by atoms with van der Waals surface area (Å²) in [6, 6.07) is 13.5. The molecule has 6 nitrogen and oxygen atoms in total. The predicted octanol–water partition coefficient (Wildman–Crippen LogP) is 3.57. The summed E-state index contributed by atoms with van der Waals surface area (Å²) in [5.41, 5.74) is 0.579. The molecule has 0 radical (unpaired) electrons. The number of aliphatic hydroxyl groups excluding tert-OH is 1. The molecule has 7 heteroatoms. The number of likely N-dealkylation sites (N-methyl/N-ethyl adjacent to an activating group) is 1. The third kappa shape index (κ3) is 4.80. The number of ether oxygens (including phenoxy) is 1. The third-order valence-electron chi connectivity index (χ3n) is 4.66. The molecular formula is C22H27NO5S. The molecule has 1 atom stereocenters. The van der Waals surface area contributed by atoms with Crippen molar-refractivity contribution in [2.24, 2.45) is 0 Å². The number of sulfone groups is 1. The molecule has 2 aromatic carbocycles. The molecule has 1 aromatic heterocycles. The van der Waals surface area contributed by atoms with Gasteiger partial charge in [-0.25, -0.2) is 8.42 Å². The number of aryl methyl sites for hydroxylation is 1. The molecule has 0 aliphatic heterocycles. The summed E-state index contributed by atoms with van der Waals surface area (Å²) in [6.45, 7) is 2.60. The van der Waals surface area contributed by atoms with E-state index in [2.05, 4.69) is 12.2 Å². The van der Waals surface area contributed by atoms with E-state index in [-0.39, 0.29) is 16.4 Å². The maximum atomic E-state index is 13.4. The van der Waals surface area contributed by atoms with Crippen LogP contribution in [-0.4, -0.2) is 39.8 Å². The van der Waals surface area contributed by atoms with E-state index in [1.54, 1.807) is 31.3 Å². The molecule has 0 spiro atoms. The van der Waals surface area contributed by atoms with Crippen molar-refractivity contribution >= 4 is 20.8 Å². The van der Waals surface area contributed by atoms with Crippen LogP contribution in [0.25, 0.3) is 11.0 Å². The number of unbranched alkanes of at least 4 members (excludes halogenated alkanes) is 1. The highest BCUT2D eigenvalue weighted by Gasteiger charge is 2.27. The van der Waals surface area contributed by atoms with Crippen LogP contribution >= 0.6 is 0 Å². The zero-order chi connectivity index (χ0) is 20.9. The van der Waals surface area contributed by atoms with Crippen molar-refractivity contribution in [1.29, 1.82) is 0 Å². The molecule has 2 N–H and O–H groups in total. The number of benzene rings is 2. The van der Waals surface area contributed by atoms with E-state index in [1.807, 2.05) is 12.1 Å². The molecule has 0 fully saturated rings. The first-order chi connectivity index (χ1) is 14.0. The molecule has 0 aliphatic carbocycles. The Morgan fingerprint density at radius 3 is 2.55 bits per heavy atom. The topological polar surface area (TPSA) is 88.8 Å². The lowest BCUT2D eigenvalue weighted by atomic mass is 10.2. The van der Waals surface area contributed by atoms with Gasteiger partial charge in [-0.05, 0) is 49.9 Å². The number of furan rings is 1. The fourth-order valence-corrected chi connectivity index (χ4v) is 4.82. The largest absolute Gasteiger partial charge is 0.491 e. The molecule has 1 heterocycles. The molecule has 3 aromatic rings. The van der Waals surface area contributed by atoms with Crippen molar-refractivity contribution in [2.75, 3.05) is 20.2 Å². The first-order valence-corrected chi connectivity index (χ1v) is 11.3. The fraction of sp³-hybridized carbons (Fsp3) is 0.364. The van der Waals surface area contributed by atoms with Gasteiger partial charge in [0.1, 0.15) is 34.7 Å². The summed E-state index contributed by atoms with van der Waals surface area (Å²) in [5, 5.41) is 13.2. The summed E-state index contributed by atoms with van der Waals surface area (Å²) < 4.78 is 38.2. The lowest BCUT2D eigenvalue weighted by molar-refractivity contribution is 0.108. The van der Waals surface area contributed by atoms with Crippen LogP contribution in [0, 0.1) is 0 Å². The van der Waals surface area contributed by atoms with Crippen LogP contribution in [0.5, 0.6) is 5.75 Å². The first kappa shape index (κ1) is 21.4. The van der Waals surface area contributed by atoms with Crippen molar-refractivity contribution in [3.63, 3.8) is 0 Å². The Kier molecular flexibility index (Phi) is 6.95. The number of para-hydroxylation sites is 1. The van der Waals surface area contributed by atoms with E-state index in [0.717, 1.165) is 12.8 Å². The minimum absolute atomic E-state index is 0.125. The third-order valence-corrected chi connectivity index (χ3v) is 6.54. The lowest BCUT2D eigenvalue weighted by Crippen LogP contribution is -2.29. The van der Waals surface area contributed by atoms with Crippen molar-refractivity contribution < 1.29 is 22.7 Å². The van der Waals surface area contributed by atoms with Gasteiger partial charge in [0.15, 0.2) is 0 Å². The van der Waals surface area contributed by atoms with Crippen molar-refractivity contribution in [1.82, 2.24) is 5.32 Å². The standard InChI is InChI=1S/C22H27NO5S/c1-3-4-8-21-22(19-7-5-6-9-20(19)28-21)29(25,26)18-12-10-17(11-13-18)27-15-16(24)14-23-2/h5-7,9-13,16,23-24H,3-4,8,14-15H2,1-2H3. The van der Waals surface area contributed by atoms with Gasteiger partial charge in [-0.1, -0.05) is 25.5 Å². The van der Waals surface area contributed by atoms with E-state index < -0.39 is 15.9 Å². The molecule has 3 rings (SSSR count). The van der Waals surface area contributed by atoms with Crippen LogP contribution < -0.4 is 10.1 Å². The highest BCUT2D eigenvalue weighted by Crippen LogP contribution is 2.35. The van der Waals surface area contributed by atoms with E-state index in [4.69, 9.17) is 9.15 Å². The highest BCUT2D eigenvalue weighted by atomic mass is 32.2. The molecule has 0 saturated heterocycles. The minimum Gasteiger partial charge on any atom is -0.491 e. The van der Waals surface area contributed by atoms with Crippen molar-refractivity contribution in [3.8, 4) is 5.75 Å². The van der Waals surface area contributed by atoms with Gasteiger partial charge in [0, 0.05) is 18.4 Å². The summed E-state index contributed by atoms with van der Waals surface area (Å²) in [4.78, 5) is 0.435. The second kappa shape index (κ2) is 9.43. The maximum absolute atomic E-state index is 13.4. The summed E-state index contributed by atoms with van der Waals surface area (Å²) >= 11 is 0. The van der Waals surface area contributed by atoms with E-state index in [1.165, 1.54) is 12.1 Å². The Balaban J connectivity index is 1.91. The second-order valence-electron chi connectivity index (χ2n) is 6.95. The van der Waals surface area contributed by atoms with Crippen LogP contribution in [-0.2, 0) is 16.3 Å². The number of fused-ring (bicyclic) bond motifs is 1. The quantitative estimate of drug-likeness (QED) is 0.524. The zero-order valence-corrected chi connectivity index (χ0v) is 17.5. The van der Waals surface area contributed by atoms with Crippen LogP contribution in [0.3, 0.4) is 0 Å². The Hall–Kier alpha value is -2.35. The van der Waals surface area contributed by atoms with Gasteiger partial charge in [0.25, 0.3) is 0 Å². The first-order valence-electron chi connectivity index (χ1n) is 9.78. The molecule has 156 valence electrons. The molecule has 0 bridgehead atoms. The summed E-state index contributed by atoms with van der Waals surface area (Å²) in [7, 11) is -2.00. The van der Waals surface area contributed by atoms with Gasteiger partial charge in [-0.2, -0.15) is 0 Å². The second-order valence-corrected chi connectivity index (χ2v) is 8.84. The lowest BCUT2D eigenvalue weighted by Gasteiger charge is -2.12. The summed E-state index contributed by atoms with van der Waals surface area (Å²) in [5.74, 6) is 1.01. The Bertz CT molecular complexity index is 1040. The molecule has 0 aliphatic rings. The Morgan fingerprint density at radius 2 is 1.86 bits per heavy atom.